The van der Waals surface area contributed by atoms with Crippen molar-refractivity contribution in [3.05, 3.63) is 42.0 Å². The van der Waals surface area contributed by atoms with Crippen LogP contribution in [0.5, 0.6) is 0 Å². The number of sulfonamides is 1. The van der Waals surface area contributed by atoms with Gasteiger partial charge in [0, 0.05) is 0 Å². The van der Waals surface area contributed by atoms with Crippen molar-refractivity contribution in [2.45, 2.75) is 0 Å². The van der Waals surface area contributed by atoms with Crippen LogP contribution >= 0.6 is 0 Å². The quantitative estimate of drug-likeness (QED) is 0.735. The summed E-state index contributed by atoms with van der Waals surface area (Å²) >= 11 is 0. The Morgan fingerprint density at radius 3 is 2.38 bits per heavy atom. The number of hydrogen-bond donors (Lipinski definition) is 0. The molecule has 13 heavy (non-hydrogen) atoms. The van der Waals surface area contributed by atoms with E-state index < -0.39 is 10.0 Å². The Morgan fingerprint density at radius 1 is 1.23 bits per heavy atom. The summed E-state index contributed by atoms with van der Waals surface area (Å²) in [5.41, 5.74) is 0.936. The Balaban J connectivity index is 2.61. The van der Waals surface area contributed by atoms with Crippen molar-refractivity contribution in [3.8, 4) is 0 Å². The van der Waals surface area contributed by atoms with Crippen molar-refractivity contribution in [1.82, 2.24) is 5.14 Å². The van der Waals surface area contributed by atoms with E-state index in [1.807, 2.05) is 30.3 Å². The third-order valence-corrected chi connectivity index (χ3v) is 2.06. The molecule has 3 nitrogen and oxygen atoms in total. The van der Waals surface area contributed by atoms with E-state index in [-0.39, 0.29) is 5.75 Å². The summed E-state index contributed by atoms with van der Waals surface area (Å²) in [6.07, 6.45) is 3.16. The average Bonchev–Trinajstić information content (AvgIpc) is 2.04. The first-order chi connectivity index (χ1) is 6.08. The van der Waals surface area contributed by atoms with Crippen molar-refractivity contribution in [2.75, 3.05) is 5.75 Å². The molecule has 69 valence electrons. The van der Waals surface area contributed by atoms with E-state index in [0.29, 0.717) is 0 Å². The molecule has 0 aliphatic carbocycles. The van der Waals surface area contributed by atoms with E-state index in [0.717, 1.165) is 5.56 Å². The first kappa shape index (κ1) is 9.95. The molecule has 0 aromatic heterocycles. The van der Waals surface area contributed by atoms with Gasteiger partial charge in [0.15, 0.2) is 0 Å². The largest absolute Gasteiger partial charge is 0.228 e. The predicted molar refractivity (Wildman–Crippen MR) is 52.4 cm³/mol. The lowest BCUT2D eigenvalue weighted by Crippen LogP contribution is -2.02. The van der Waals surface area contributed by atoms with Crippen LogP contribution < -0.4 is 5.14 Å². The molecule has 0 saturated heterocycles. The van der Waals surface area contributed by atoms with Crippen LogP contribution in [0.1, 0.15) is 5.56 Å². The van der Waals surface area contributed by atoms with Crippen molar-refractivity contribution in [2.24, 2.45) is 0 Å². The number of rotatable bonds is 3. The van der Waals surface area contributed by atoms with Crippen LogP contribution in [0.25, 0.3) is 6.08 Å². The summed E-state index contributed by atoms with van der Waals surface area (Å²) in [5, 5.41) is 6.62. The van der Waals surface area contributed by atoms with Gasteiger partial charge in [0.2, 0.25) is 10.0 Å². The maximum Gasteiger partial charge on any atom is 0.228 e. The number of benzene rings is 1. The van der Waals surface area contributed by atoms with E-state index in [2.05, 4.69) is 0 Å². The molecule has 0 atom stereocenters. The Kier molecular flexibility index (Phi) is 3.22. The SMILES string of the molecule is [NH]S(=O)(=O)CC=C[14c]1ccccc1. The summed E-state index contributed by atoms with van der Waals surface area (Å²) < 4.78 is 20.9. The van der Waals surface area contributed by atoms with E-state index in [9.17, 15) is 8.42 Å². The summed E-state index contributed by atoms with van der Waals surface area (Å²) in [4.78, 5) is 0. The van der Waals surface area contributed by atoms with Crippen molar-refractivity contribution < 1.29 is 8.42 Å². The predicted octanol–water partition coefficient (Wildman–Crippen LogP) is 1.31. The standard InChI is InChI=1S/C9H10NO2S/c10-13(11,12)8-4-7-9-5-2-1-3-6-9/h1-7,10H,8H2/i9+2. The van der Waals surface area contributed by atoms with Crippen LogP contribution in [0.4, 0.5) is 0 Å². The summed E-state index contributed by atoms with van der Waals surface area (Å²) in [6.45, 7) is 0. The fourth-order valence-corrected chi connectivity index (χ4v) is 1.22. The summed E-state index contributed by atoms with van der Waals surface area (Å²) in [7, 11) is -3.63. The molecular weight excluding hydrogens is 188 g/mol. The third kappa shape index (κ3) is 4.45. The first-order valence-corrected chi connectivity index (χ1v) is 5.42. The molecular formula is C9H10NO2S. The van der Waals surface area contributed by atoms with Gasteiger partial charge in [0.25, 0.3) is 0 Å². The second kappa shape index (κ2) is 4.20. The molecule has 1 aromatic rings. The lowest BCUT2D eigenvalue weighted by atomic mass is 10.5. The highest BCUT2D eigenvalue weighted by Gasteiger charge is 1.97. The average molecular weight is 198 g/mol. The second-order valence-corrected chi connectivity index (χ2v) is 4.16. The topological polar surface area (TPSA) is 57.9 Å². The lowest BCUT2D eigenvalue weighted by molar-refractivity contribution is 0.599. The maximum absolute atomic E-state index is 10.4. The van der Waals surface area contributed by atoms with Crippen LogP contribution in [0.15, 0.2) is 36.4 Å². The molecule has 0 bridgehead atoms. The zero-order chi connectivity index (χ0) is 9.73. The van der Waals surface area contributed by atoms with Gasteiger partial charge in [-0.3, -0.25) is 0 Å². The van der Waals surface area contributed by atoms with Crippen molar-refractivity contribution in [1.29, 1.82) is 0 Å². The minimum atomic E-state index is -3.63. The lowest BCUT2D eigenvalue weighted by Gasteiger charge is -1.90. The summed E-state index contributed by atoms with van der Waals surface area (Å²) in [6, 6.07) is 9.36. The highest BCUT2D eigenvalue weighted by molar-refractivity contribution is 7.88. The zero-order valence-corrected chi connectivity index (χ0v) is 7.79. The van der Waals surface area contributed by atoms with Crippen LogP contribution in [-0.2, 0) is 10.0 Å². The van der Waals surface area contributed by atoms with E-state index in [4.69, 9.17) is 5.14 Å². The molecule has 4 heteroatoms. The van der Waals surface area contributed by atoms with E-state index in [1.54, 1.807) is 6.08 Å². The van der Waals surface area contributed by atoms with E-state index in [1.165, 1.54) is 6.08 Å². The molecule has 0 aliphatic rings. The Morgan fingerprint density at radius 2 is 1.85 bits per heavy atom. The second-order valence-electron chi connectivity index (χ2n) is 2.59. The first-order valence-electron chi connectivity index (χ1n) is 3.77. The third-order valence-electron chi connectivity index (χ3n) is 1.43. The van der Waals surface area contributed by atoms with Crippen LogP contribution in [0.3, 0.4) is 0 Å². The number of nitrogens with one attached hydrogen (secondary N) is 1. The molecule has 1 aromatic carbocycles. The Bertz CT molecular complexity index is 381. The van der Waals surface area contributed by atoms with Gasteiger partial charge in [0.1, 0.15) is 0 Å². The normalized spacial score (nSPS) is 12.1. The van der Waals surface area contributed by atoms with Gasteiger partial charge in [-0.25, -0.2) is 8.42 Å². The van der Waals surface area contributed by atoms with Gasteiger partial charge < -0.3 is 0 Å². The van der Waals surface area contributed by atoms with Gasteiger partial charge in [-0.1, -0.05) is 42.5 Å². The molecule has 0 spiro atoms. The molecule has 0 unspecified atom stereocenters. The summed E-state index contributed by atoms with van der Waals surface area (Å²) in [5.74, 6) is -0.234. The van der Waals surface area contributed by atoms with Crippen molar-refractivity contribution >= 4 is 16.1 Å². The van der Waals surface area contributed by atoms with E-state index >= 15 is 0 Å². The minimum absolute atomic E-state index is 0.234. The van der Waals surface area contributed by atoms with Gasteiger partial charge >= 0.3 is 0 Å². The molecule has 0 saturated carbocycles. The minimum Gasteiger partial charge on any atom is -0.211 e. The van der Waals surface area contributed by atoms with Gasteiger partial charge in [-0.2, -0.15) is 0 Å². The monoisotopic (exact) mass is 198 g/mol. The Labute approximate surface area is 77.9 Å². The highest BCUT2D eigenvalue weighted by atomic mass is 32.2. The van der Waals surface area contributed by atoms with Gasteiger partial charge in [0.05, 0.1) is 5.75 Å². The molecule has 0 heterocycles. The smallest absolute Gasteiger partial charge is 0.211 e. The molecule has 1 N–H and O–H groups in total. The van der Waals surface area contributed by atoms with Gasteiger partial charge in [-0.05, 0) is 5.56 Å². The maximum atomic E-state index is 10.4. The fraction of sp³-hybridized carbons (Fsp3) is 0.111. The van der Waals surface area contributed by atoms with Gasteiger partial charge in [-0.15, -0.1) is 5.14 Å². The fourth-order valence-electron chi connectivity index (χ4n) is 0.875. The highest BCUT2D eigenvalue weighted by Crippen LogP contribution is 2.00. The Hall–Kier alpha value is -1.13. The molecule has 1 rings (SSSR count). The molecule has 0 amide bonds. The molecule has 0 fully saturated rings. The molecule has 1 radical (unpaired) electrons. The van der Waals surface area contributed by atoms with Crippen LogP contribution in [-0.4, -0.2) is 14.2 Å². The molecule has 0 aliphatic heterocycles. The van der Waals surface area contributed by atoms with Crippen LogP contribution in [0.2, 0.25) is 0 Å². The van der Waals surface area contributed by atoms with Crippen molar-refractivity contribution in [3.63, 3.8) is 0 Å². The number of hydrogen-bond acceptors (Lipinski definition) is 2. The van der Waals surface area contributed by atoms with Crippen LogP contribution in [0, 0.1) is 0 Å². The zero-order valence-electron chi connectivity index (χ0n) is 6.97.